The fourth-order valence-corrected chi connectivity index (χ4v) is 5.29. The zero-order valence-corrected chi connectivity index (χ0v) is 22.4. The Morgan fingerprint density at radius 3 is 2.36 bits per heavy atom. The van der Waals surface area contributed by atoms with Crippen LogP contribution < -0.4 is 14.4 Å². The van der Waals surface area contributed by atoms with Crippen LogP contribution in [-0.2, 0) is 26.2 Å². The van der Waals surface area contributed by atoms with E-state index in [1.807, 2.05) is 19.1 Å². The molecule has 1 N–H and O–H groups in total. The first-order valence-electron chi connectivity index (χ1n) is 12.4. The molecule has 3 rings (SSSR count). The molecule has 2 aromatic carbocycles. The summed E-state index contributed by atoms with van der Waals surface area (Å²) >= 11 is 0. The van der Waals surface area contributed by atoms with Crippen molar-refractivity contribution in [1.82, 2.24) is 10.2 Å². The van der Waals surface area contributed by atoms with Crippen LogP contribution in [0, 0.1) is 6.92 Å². The first-order valence-corrected chi connectivity index (χ1v) is 14.2. The summed E-state index contributed by atoms with van der Waals surface area (Å²) in [5.74, 6) is -0.0638. The van der Waals surface area contributed by atoms with Crippen molar-refractivity contribution in [1.29, 1.82) is 0 Å². The average Bonchev–Trinajstić information content (AvgIpc) is 2.86. The Morgan fingerprint density at radius 1 is 1.08 bits per heavy atom. The molecule has 1 fully saturated rings. The van der Waals surface area contributed by atoms with E-state index >= 15 is 0 Å². The van der Waals surface area contributed by atoms with Crippen LogP contribution >= 0.6 is 0 Å². The molecule has 0 aromatic heterocycles. The van der Waals surface area contributed by atoms with Crippen molar-refractivity contribution in [3.05, 3.63) is 59.7 Å². The Kier molecular flexibility index (Phi) is 9.37. The SMILES string of the molecule is COc1cccc(CN(C(=O)CN(c2ccc(C)cc2)S(C)(=O)=O)[C@@H](C)C(=O)NC2CCCCC2)c1. The molecule has 0 unspecified atom stereocenters. The fourth-order valence-electron chi connectivity index (χ4n) is 4.44. The minimum Gasteiger partial charge on any atom is -0.497 e. The van der Waals surface area contributed by atoms with Gasteiger partial charge in [-0.05, 0) is 56.5 Å². The number of amides is 2. The third-order valence-electron chi connectivity index (χ3n) is 6.61. The number of anilines is 1. The summed E-state index contributed by atoms with van der Waals surface area (Å²) in [6.07, 6.45) is 6.25. The van der Waals surface area contributed by atoms with Crippen LogP contribution in [0.15, 0.2) is 48.5 Å². The lowest BCUT2D eigenvalue weighted by Gasteiger charge is -2.33. The molecule has 36 heavy (non-hydrogen) atoms. The number of carbonyl (C=O) groups is 2. The molecular formula is C27H37N3O5S. The molecule has 0 heterocycles. The highest BCUT2D eigenvalue weighted by molar-refractivity contribution is 7.92. The van der Waals surface area contributed by atoms with E-state index in [0.29, 0.717) is 11.4 Å². The zero-order valence-electron chi connectivity index (χ0n) is 21.6. The van der Waals surface area contributed by atoms with Crippen molar-refractivity contribution < 1.29 is 22.7 Å². The van der Waals surface area contributed by atoms with Gasteiger partial charge in [-0.25, -0.2) is 8.42 Å². The number of ether oxygens (including phenoxy) is 1. The van der Waals surface area contributed by atoms with Crippen LogP contribution in [0.4, 0.5) is 5.69 Å². The van der Waals surface area contributed by atoms with E-state index in [1.54, 1.807) is 50.4 Å². The van der Waals surface area contributed by atoms with Gasteiger partial charge in [-0.2, -0.15) is 0 Å². The monoisotopic (exact) mass is 515 g/mol. The first kappa shape index (κ1) is 27.5. The third-order valence-corrected chi connectivity index (χ3v) is 7.75. The van der Waals surface area contributed by atoms with Crippen molar-refractivity contribution in [2.75, 3.05) is 24.2 Å². The van der Waals surface area contributed by atoms with Gasteiger partial charge in [0, 0.05) is 12.6 Å². The maximum absolute atomic E-state index is 13.6. The zero-order chi connectivity index (χ0) is 26.3. The molecule has 196 valence electrons. The maximum atomic E-state index is 13.6. The molecule has 1 atom stereocenters. The highest BCUT2D eigenvalue weighted by Gasteiger charge is 2.31. The predicted octanol–water partition coefficient (Wildman–Crippen LogP) is 3.64. The summed E-state index contributed by atoms with van der Waals surface area (Å²) in [6.45, 7) is 3.32. The average molecular weight is 516 g/mol. The van der Waals surface area contributed by atoms with Crippen molar-refractivity contribution in [2.45, 2.75) is 64.6 Å². The molecule has 1 saturated carbocycles. The number of aryl methyl sites for hydroxylation is 1. The van der Waals surface area contributed by atoms with Gasteiger partial charge in [-0.3, -0.25) is 13.9 Å². The molecule has 0 spiro atoms. The second kappa shape index (κ2) is 12.3. The second-order valence-electron chi connectivity index (χ2n) is 9.50. The minimum absolute atomic E-state index is 0.0996. The van der Waals surface area contributed by atoms with E-state index < -0.39 is 28.5 Å². The number of nitrogens with one attached hydrogen (secondary N) is 1. The topological polar surface area (TPSA) is 96.0 Å². The Bertz CT molecular complexity index is 1140. The molecule has 1 aliphatic carbocycles. The van der Waals surface area contributed by atoms with Crippen LogP contribution in [0.3, 0.4) is 0 Å². The summed E-state index contributed by atoms with van der Waals surface area (Å²) in [7, 11) is -2.18. The standard InChI is InChI=1S/C27H37N3O5S/c1-20-13-15-24(16-14-20)30(36(4,33)34)19-26(31)29(18-22-9-8-12-25(17-22)35-3)21(2)27(32)28-23-10-6-5-7-11-23/h8-9,12-17,21,23H,5-7,10-11,18-19H2,1-4H3,(H,28,32)/t21-/m0/s1. The molecule has 8 nitrogen and oxygen atoms in total. The van der Waals surface area contributed by atoms with E-state index in [-0.39, 0.29) is 18.5 Å². The van der Waals surface area contributed by atoms with Crippen molar-refractivity contribution in [3.8, 4) is 5.75 Å². The lowest BCUT2D eigenvalue weighted by molar-refractivity contribution is -0.139. The molecule has 0 radical (unpaired) electrons. The van der Waals surface area contributed by atoms with Crippen LogP contribution in [0.2, 0.25) is 0 Å². The predicted molar refractivity (Wildman–Crippen MR) is 141 cm³/mol. The van der Waals surface area contributed by atoms with E-state index in [9.17, 15) is 18.0 Å². The quantitative estimate of drug-likeness (QED) is 0.521. The number of benzene rings is 2. The van der Waals surface area contributed by atoms with E-state index in [0.717, 1.165) is 47.4 Å². The molecule has 9 heteroatoms. The number of sulfonamides is 1. The number of carbonyl (C=O) groups excluding carboxylic acids is 2. The smallest absolute Gasteiger partial charge is 0.244 e. The van der Waals surface area contributed by atoms with Crippen molar-refractivity contribution >= 4 is 27.5 Å². The van der Waals surface area contributed by atoms with E-state index in [1.165, 1.54) is 11.3 Å². The summed E-state index contributed by atoms with van der Waals surface area (Å²) in [6, 6.07) is 13.5. The number of rotatable bonds is 10. The van der Waals surface area contributed by atoms with Gasteiger partial charge in [0.25, 0.3) is 0 Å². The van der Waals surface area contributed by atoms with Gasteiger partial charge in [0.15, 0.2) is 0 Å². The fraction of sp³-hybridized carbons (Fsp3) is 0.481. The molecule has 2 amide bonds. The summed E-state index contributed by atoms with van der Waals surface area (Å²) in [5.41, 5.74) is 2.16. The highest BCUT2D eigenvalue weighted by Crippen LogP contribution is 2.22. The molecule has 1 aliphatic rings. The molecule has 2 aromatic rings. The Hall–Kier alpha value is -3.07. The molecule has 0 aliphatic heterocycles. The van der Waals surface area contributed by atoms with Gasteiger partial charge in [-0.15, -0.1) is 0 Å². The lowest BCUT2D eigenvalue weighted by Crippen LogP contribution is -2.52. The normalized spacial score (nSPS) is 15.1. The summed E-state index contributed by atoms with van der Waals surface area (Å²) in [5, 5.41) is 3.09. The second-order valence-corrected chi connectivity index (χ2v) is 11.4. The van der Waals surface area contributed by atoms with Crippen LogP contribution in [0.25, 0.3) is 0 Å². The van der Waals surface area contributed by atoms with Crippen LogP contribution in [-0.4, -0.2) is 57.1 Å². The largest absolute Gasteiger partial charge is 0.497 e. The molecular weight excluding hydrogens is 478 g/mol. The van der Waals surface area contributed by atoms with Gasteiger partial charge in [0.1, 0.15) is 18.3 Å². The summed E-state index contributed by atoms with van der Waals surface area (Å²) < 4.78 is 31.7. The number of methoxy groups -OCH3 is 1. The van der Waals surface area contributed by atoms with Gasteiger partial charge >= 0.3 is 0 Å². The molecule has 0 bridgehead atoms. The van der Waals surface area contributed by atoms with Crippen LogP contribution in [0.1, 0.15) is 50.2 Å². The van der Waals surface area contributed by atoms with E-state index in [2.05, 4.69) is 5.32 Å². The molecule has 0 saturated heterocycles. The Balaban J connectivity index is 1.87. The number of hydrogen-bond acceptors (Lipinski definition) is 5. The Labute approximate surface area is 214 Å². The van der Waals surface area contributed by atoms with Gasteiger partial charge < -0.3 is 15.0 Å². The third kappa shape index (κ3) is 7.46. The number of hydrogen-bond donors (Lipinski definition) is 1. The van der Waals surface area contributed by atoms with Gasteiger partial charge in [0.05, 0.1) is 19.1 Å². The highest BCUT2D eigenvalue weighted by atomic mass is 32.2. The Morgan fingerprint density at radius 2 is 1.75 bits per heavy atom. The van der Waals surface area contributed by atoms with Crippen molar-refractivity contribution in [2.24, 2.45) is 0 Å². The first-order chi connectivity index (χ1) is 17.1. The van der Waals surface area contributed by atoms with Gasteiger partial charge in [0.2, 0.25) is 21.8 Å². The van der Waals surface area contributed by atoms with E-state index in [4.69, 9.17) is 4.74 Å². The van der Waals surface area contributed by atoms with Crippen LogP contribution in [0.5, 0.6) is 5.75 Å². The lowest BCUT2D eigenvalue weighted by atomic mass is 9.95. The van der Waals surface area contributed by atoms with Gasteiger partial charge in [-0.1, -0.05) is 49.1 Å². The minimum atomic E-state index is -3.75. The maximum Gasteiger partial charge on any atom is 0.244 e. The summed E-state index contributed by atoms with van der Waals surface area (Å²) in [4.78, 5) is 28.3. The van der Waals surface area contributed by atoms with Crippen molar-refractivity contribution in [3.63, 3.8) is 0 Å². The number of nitrogens with zero attached hydrogens (tertiary/aromatic N) is 2.